The molecule has 0 saturated heterocycles. The number of carbonyl (C=O) groups excluding carboxylic acids is 1. The molecule has 0 heterocycles. The van der Waals surface area contributed by atoms with Gasteiger partial charge in [-0.05, 0) is 61.0 Å². The van der Waals surface area contributed by atoms with Gasteiger partial charge in [0.25, 0.3) is 0 Å². The number of rotatable bonds is 7. The fraction of sp³-hybridized carbons (Fsp3) is 0.136. The summed E-state index contributed by atoms with van der Waals surface area (Å²) in [7, 11) is 0. The van der Waals surface area contributed by atoms with Crippen molar-refractivity contribution in [2.75, 3.05) is 24.3 Å². The van der Waals surface area contributed by atoms with Crippen molar-refractivity contribution in [3.63, 3.8) is 0 Å². The molecule has 0 fully saturated rings. The Morgan fingerprint density at radius 3 is 2.54 bits per heavy atom. The van der Waals surface area contributed by atoms with E-state index in [2.05, 4.69) is 5.32 Å². The maximum absolute atomic E-state index is 12.9. The highest BCUT2D eigenvalue weighted by Gasteiger charge is 2.16. The van der Waals surface area contributed by atoms with E-state index < -0.39 is 0 Å². The van der Waals surface area contributed by atoms with E-state index in [-0.39, 0.29) is 19.0 Å². The third-order valence-electron chi connectivity index (χ3n) is 4.26. The van der Waals surface area contributed by atoms with E-state index in [9.17, 15) is 4.79 Å². The summed E-state index contributed by atoms with van der Waals surface area (Å²) in [4.78, 5) is 12.9. The van der Waals surface area contributed by atoms with Gasteiger partial charge in [-0.1, -0.05) is 23.7 Å². The summed E-state index contributed by atoms with van der Waals surface area (Å²) in [5.74, 6) is 0.441. The van der Waals surface area contributed by atoms with Crippen LogP contribution in [0.4, 0.5) is 17.1 Å². The van der Waals surface area contributed by atoms with Crippen LogP contribution >= 0.6 is 11.6 Å². The molecule has 0 aromatic heterocycles. The monoisotopic (exact) mass is 396 g/mol. The van der Waals surface area contributed by atoms with Gasteiger partial charge in [-0.3, -0.25) is 4.79 Å². The maximum Gasteiger partial charge on any atom is 0.194 e. The van der Waals surface area contributed by atoms with Gasteiger partial charge in [0, 0.05) is 16.8 Å². The number of aryl methyl sites for hydroxylation is 1. The molecule has 5 nitrogen and oxygen atoms in total. The Bertz CT molecular complexity index is 1000. The lowest BCUT2D eigenvalue weighted by Gasteiger charge is -2.12. The highest BCUT2D eigenvalue weighted by molar-refractivity contribution is 6.35. The first-order chi connectivity index (χ1) is 13.5. The molecule has 0 radical (unpaired) electrons. The highest BCUT2D eigenvalue weighted by Crippen LogP contribution is 2.29. The largest absolute Gasteiger partial charge is 0.491 e. The fourth-order valence-corrected chi connectivity index (χ4v) is 3.10. The minimum atomic E-state index is -0.165. The Morgan fingerprint density at radius 1 is 1.11 bits per heavy atom. The molecule has 3 aromatic carbocycles. The first-order valence-corrected chi connectivity index (χ1v) is 9.17. The number of aliphatic hydroxyl groups is 1. The van der Waals surface area contributed by atoms with Crippen molar-refractivity contribution < 1.29 is 14.6 Å². The normalized spacial score (nSPS) is 10.5. The van der Waals surface area contributed by atoms with Crippen molar-refractivity contribution >= 4 is 34.4 Å². The number of anilines is 3. The summed E-state index contributed by atoms with van der Waals surface area (Å²) < 4.78 is 5.38. The molecule has 0 spiro atoms. The zero-order valence-electron chi connectivity index (χ0n) is 15.4. The van der Waals surface area contributed by atoms with Crippen molar-refractivity contribution in [3.8, 4) is 5.75 Å². The summed E-state index contributed by atoms with van der Waals surface area (Å²) in [5, 5.41) is 12.4. The minimum absolute atomic E-state index is 0.0651. The van der Waals surface area contributed by atoms with Gasteiger partial charge >= 0.3 is 0 Å². The average molecular weight is 397 g/mol. The van der Waals surface area contributed by atoms with Crippen LogP contribution in [0.3, 0.4) is 0 Å². The maximum atomic E-state index is 12.9. The number of carbonyl (C=O) groups is 1. The second-order valence-electron chi connectivity index (χ2n) is 6.28. The number of aliphatic hydroxyl groups excluding tert-OH is 1. The molecule has 6 heteroatoms. The van der Waals surface area contributed by atoms with Crippen LogP contribution in [0.15, 0.2) is 60.7 Å². The number of halogens is 1. The molecule has 4 N–H and O–H groups in total. The molecule has 0 amide bonds. The van der Waals surface area contributed by atoms with Gasteiger partial charge in [0.05, 0.1) is 23.0 Å². The Morgan fingerprint density at radius 2 is 1.86 bits per heavy atom. The van der Waals surface area contributed by atoms with E-state index in [4.69, 9.17) is 27.2 Å². The van der Waals surface area contributed by atoms with Gasteiger partial charge in [-0.15, -0.1) is 0 Å². The topological polar surface area (TPSA) is 84.6 Å². The van der Waals surface area contributed by atoms with Crippen molar-refractivity contribution in [2.45, 2.75) is 6.92 Å². The number of hydrogen-bond donors (Lipinski definition) is 3. The highest BCUT2D eigenvalue weighted by atomic mass is 35.5. The van der Waals surface area contributed by atoms with Gasteiger partial charge < -0.3 is 20.9 Å². The van der Waals surface area contributed by atoms with Crippen LogP contribution in [-0.4, -0.2) is 24.1 Å². The summed E-state index contributed by atoms with van der Waals surface area (Å²) in [6.45, 7) is 1.98. The lowest BCUT2D eigenvalue weighted by atomic mass is 9.98. The number of nitrogen functional groups attached to an aromatic ring is 1. The van der Waals surface area contributed by atoms with Gasteiger partial charge in [-0.2, -0.15) is 0 Å². The molecule has 0 aliphatic carbocycles. The lowest BCUT2D eigenvalue weighted by Crippen LogP contribution is -2.06. The Balaban J connectivity index is 1.82. The number of nitrogens with two attached hydrogens (primary N) is 1. The zero-order chi connectivity index (χ0) is 20.1. The fourth-order valence-electron chi connectivity index (χ4n) is 2.83. The van der Waals surface area contributed by atoms with Crippen LogP contribution in [0.2, 0.25) is 5.02 Å². The molecule has 0 aliphatic rings. The number of ketones is 1. The third kappa shape index (κ3) is 4.44. The molecule has 28 heavy (non-hydrogen) atoms. The molecule has 0 unspecified atom stereocenters. The Kier molecular flexibility index (Phi) is 6.19. The van der Waals surface area contributed by atoms with Gasteiger partial charge in [0.2, 0.25) is 0 Å². The standard InChI is InChI=1S/C22H21ClN2O3/c1-14-12-16(28-11-10-26)7-9-17(14)22(27)18-8-6-15(13-19(18)23)25-21-5-3-2-4-20(21)24/h2-9,12-13,25-26H,10-11,24H2,1H3. The number of ether oxygens (including phenoxy) is 1. The molecule has 0 bridgehead atoms. The summed E-state index contributed by atoms with van der Waals surface area (Å²) in [6.07, 6.45) is 0. The van der Waals surface area contributed by atoms with E-state index in [1.807, 2.05) is 25.1 Å². The van der Waals surface area contributed by atoms with Crippen molar-refractivity contribution in [1.82, 2.24) is 0 Å². The zero-order valence-corrected chi connectivity index (χ0v) is 16.2. The minimum Gasteiger partial charge on any atom is -0.491 e. The Hall–Kier alpha value is -3.02. The van der Waals surface area contributed by atoms with Crippen molar-refractivity contribution in [3.05, 3.63) is 82.4 Å². The number of nitrogens with one attached hydrogen (secondary N) is 1. The predicted molar refractivity (Wildman–Crippen MR) is 113 cm³/mol. The quantitative estimate of drug-likeness (QED) is 0.402. The van der Waals surface area contributed by atoms with Crippen LogP contribution in [-0.2, 0) is 0 Å². The molecule has 144 valence electrons. The molecule has 0 saturated carbocycles. The smallest absolute Gasteiger partial charge is 0.194 e. The summed E-state index contributed by atoms with van der Waals surface area (Å²) in [5.41, 5.74) is 9.82. The van der Waals surface area contributed by atoms with Gasteiger partial charge in [0.1, 0.15) is 12.4 Å². The van der Waals surface area contributed by atoms with Gasteiger partial charge in [0.15, 0.2) is 5.78 Å². The molecular formula is C22H21ClN2O3. The van der Waals surface area contributed by atoms with E-state index in [1.54, 1.807) is 42.5 Å². The Labute approximate surface area is 168 Å². The molecule has 3 rings (SSSR count). The molecule has 0 aliphatic heterocycles. The first kappa shape index (κ1) is 19.7. The van der Waals surface area contributed by atoms with Gasteiger partial charge in [-0.25, -0.2) is 0 Å². The van der Waals surface area contributed by atoms with Crippen molar-refractivity contribution in [1.29, 1.82) is 0 Å². The van der Waals surface area contributed by atoms with Crippen LogP contribution in [0.25, 0.3) is 0 Å². The van der Waals surface area contributed by atoms with E-state index in [1.165, 1.54) is 0 Å². The summed E-state index contributed by atoms with van der Waals surface area (Å²) in [6, 6.07) is 17.8. The second kappa shape index (κ2) is 8.78. The van der Waals surface area contributed by atoms with E-state index in [0.29, 0.717) is 27.6 Å². The lowest BCUT2D eigenvalue weighted by molar-refractivity contribution is 0.103. The molecule has 3 aromatic rings. The van der Waals surface area contributed by atoms with E-state index in [0.717, 1.165) is 16.9 Å². The first-order valence-electron chi connectivity index (χ1n) is 8.79. The van der Waals surface area contributed by atoms with Crippen LogP contribution < -0.4 is 15.8 Å². The van der Waals surface area contributed by atoms with E-state index >= 15 is 0 Å². The molecule has 0 atom stereocenters. The van der Waals surface area contributed by atoms with Crippen LogP contribution in [0.5, 0.6) is 5.75 Å². The average Bonchev–Trinajstić information content (AvgIpc) is 2.68. The third-order valence-corrected chi connectivity index (χ3v) is 4.57. The number of para-hydroxylation sites is 2. The van der Waals surface area contributed by atoms with Crippen molar-refractivity contribution in [2.24, 2.45) is 0 Å². The van der Waals surface area contributed by atoms with Crippen LogP contribution in [0.1, 0.15) is 21.5 Å². The summed E-state index contributed by atoms with van der Waals surface area (Å²) >= 11 is 6.39. The second-order valence-corrected chi connectivity index (χ2v) is 6.69. The van der Waals surface area contributed by atoms with Crippen LogP contribution in [0, 0.1) is 6.92 Å². The SMILES string of the molecule is Cc1cc(OCCO)ccc1C(=O)c1ccc(Nc2ccccc2N)cc1Cl. The predicted octanol–water partition coefficient (Wildman–Crippen LogP) is 4.58. The molecular weight excluding hydrogens is 376 g/mol. The number of benzene rings is 3. The number of hydrogen-bond acceptors (Lipinski definition) is 5.